The van der Waals surface area contributed by atoms with Gasteiger partial charge >= 0.3 is 0 Å². The molecule has 19 heavy (non-hydrogen) atoms. The number of hydrogen-bond acceptors (Lipinski definition) is 3. The molecular weight excluding hydrogens is 267 g/mol. The van der Waals surface area contributed by atoms with E-state index in [1.807, 2.05) is 0 Å². The minimum Gasteiger partial charge on any atom is -0.313 e. The lowest BCUT2D eigenvalue weighted by Crippen LogP contribution is -2.38. The molecule has 1 aromatic carbocycles. The van der Waals surface area contributed by atoms with Crippen LogP contribution in [0.15, 0.2) is 23.1 Å². The van der Waals surface area contributed by atoms with E-state index in [9.17, 15) is 12.8 Å². The van der Waals surface area contributed by atoms with Crippen molar-refractivity contribution in [3.8, 4) is 0 Å². The summed E-state index contributed by atoms with van der Waals surface area (Å²) < 4.78 is 39.4. The van der Waals surface area contributed by atoms with Gasteiger partial charge in [0.05, 0.1) is 4.90 Å². The minimum atomic E-state index is -3.61. The van der Waals surface area contributed by atoms with E-state index in [4.69, 9.17) is 0 Å². The van der Waals surface area contributed by atoms with Gasteiger partial charge in [0, 0.05) is 19.6 Å². The topological polar surface area (TPSA) is 49.4 Å². The highest BCUT2D eigenvalue weighted by Gasteiger charge is 2.25. The summed E-state index contributed by atoms with van der Waals surface area (Å²) in [5.41, 5.74) is 0.444. The molecule has 1 aliphatic rings. The van der Waals surface area contributed by atoms with E-state index in [1.54, 1.807) is 6.92 Å². The van der Waals surface area contributed by atoms with Crippen LogP contribution >= 0.6 is 0 Å². The largest absolute Gasteiger partial charge is 0.313 e. The predicted octanol–water partition coefficient (Wildman–Crippen LogP) is 1.51. The SMILES string of the molecule is Cc1ccc(S(=O)(=O)N(C)CC2CCCN2)cc1F. The van der Waals surface area contributed by atoms with E-state index in [2.05, 4.69) is 5.32 Å². The van der Waals surface area contributed by atoms with Crippen LogP contribution in [0.3, 0.4) is 0 Å². The molecule has 6 heteroatoms. The van der Waals surface area contributed by atoms with Crippen LogP contribution in [0.4, 0.5) is 4.39 Å². The van der Waals surface area contributed by atoms with Crippen LogP contribution < -0.4 is 5.32 Å². The molecule has 0 aliphatic carbocycles. The molecule has 1 heterocycles. The molecule has 1 N–H and O–H groups in total. The Morgan fingerprint density at radius 1 is 1.47 bits per heavy atom. The second kappa shape index (κ2) is 5.56. The van der Waals surface area contributed by atoms with Crippen molar-refractivity contribution in [2.75, 3.05) is 20.1 Å². The summed E-state index contributed by atoms with van der Waals surface area (Å²) in [5.74, 6) is -0.492. The Labute approximate surface area is 113 Å². The average Bonchev–Trinajstić information content (AvgIpc) is 2.85. The van der Waals surface area contributed by atoms with E-state index in [1.165, 1.54) is 23.5 Å². The molecule has 0 spiro atoms. The van der Waals surface area contributed by atoms with Gasteiger partial charge in [-0.05, 0) is 44.0 Å². The van der Waals surface area contributed by atoms with Crippen LogP contribution in [0.5, 0.6) is 0 Å². The number of halogens is 1. The molecule has 0 radical (unpaired) electrons. The number of nitrogens with one attached hydrogen (secondary N) is 1. The highest BCUT2D eigenvalue weighted by atomic mass is 32.2. The fourth-order valence-electron chi connectivity index (χ4n) is 2.24. The number of rotatable bonds is 4. The zero-order chi connectivity index (χ0) is 14.0. The first kappa shape index (κ1) is 14.4. The summed E-state index contributed by atoms with van der Waals surface area (Å²) in [7, 11) is -2.08. The minimum absolute atomic E-state index is 0.0103. The van der Waals surface area contributed by atoms with E-state index >= 15 is 0 Å². The van der Waals surface area contributed by atoms with E-state index in [0.717, 1.165) is 25.5 Å². The predicted molar refractivity (Wildman–Crippen MR) is 72.0 cm³/mol. The van der Waals surface area contributed by atoms with Crippen LogP contribution in [-0.2, 0) is 10.0 Å². The number of sulfonamides is 1. The van der Waals surface area contributed by atoms with E-state index in [-0.39, 0.29) is 10.9 Å². The zero-order valence-electron chi connectivity index (χ0n) is 11.2. The van der Waals surface area contributed by atoms with Crippen molar-refractivity contribution in [3.05, 3.63) is 29.6 Å². The molecule has 1 atom stereocenters. The van der Waals surface area contributed by atoms with Crippen LogP contribution in [0.2, 0.25) is 0 Å². The van der Waals surface area contributed by atoms with Crippen molar-refractivity contribution in [3.63, 3.8) is 0 Å². The van der Waals surface area contributed by atoms with Crippen molar-refractivity contribution >= 4 is 10.0 Å². The Kier molecular flexibility index (Phi) is 4.23. The third kappa shape index (κ3) is 3.13. The smallest absolute Gasteiger partial charge is 0.242 e. The maximum Gasteiger partial charge on any atom is 0.242 e. The Hall–Kier alpha value is -0.980. The van der Waals surface area contributed by atoms with E-state index in [0.29, 0.717) is 12.1 Å². The zero-order valence-corrected chi connectivity index (χ0v) is 12.0. The lowest BCUT2D eigenvalue weighted by Gasteiger charge is -2.21. The summed E-state index contributed by atoms with van der Waals surface area (Å²) >= 11 is 0. The first-order chi connectivity index (χ1) is 8.91. The summed E-state index contributed by atoms with van der Waals surface area (Å²) in [6.07, 6.45) is 2.04. The van der Waals surface area contributed by atoms with Gasteiger partial charge in [-0.1, -0.05) is 6.07 Å². The van der Waals surface area contributed by atoms with Gasteiger partial charge in [-0.3, -0.25) is 0 Å². The van der Waals surface area contributed by atoms with Gasteiger partial charge in [-0.25, -0.2) is 12.8 Å². The normalized spacial score (nSPS) is 20.1. The Morgan fingerprint density at radius 3 is 2.79 bits per heavy atom. The number of benzene rings is 1. The van der Waals surface area contributed by atoms with Gasteiger partial charge in [0.25, 0.3) is 0 Å². The van der Waals surface area contributed by atoms with Crippen LogP contribution in [0.1, 0.15) is 18.4 Å². The van der Waals surface area contributed by atoms with Gasteiger partial charge in [0.15, 0.2) is 0 Å². The Bertz CT molecular complexity index is 554. The maximum atomic E-state index is 13.5. The molecule has 106 valence electrons. The lowest BCUT2D eigenvalue weighted by atomic mass is 10.2. The molecule has 0 amide bonds. The number of hydrogen-bond donors (Lipinski definition) is 1. The van der Waals surface area contributed by atoms with Gasteiger partial charge in [0.1, 0.15) is 5.82 Å². The third-order valence-electron chi connectivity index (χ3n) is 3.49. The van der Waals surface area contributed by atoms with Crippen LogP contribution in [0.25, 0.3) is 0 Å². The molecule has 1 aliphatic heterocycles. The maximum absolute atomic E-state index is 13.5. The van der Waals surface area contributed by atoms with E-state index < -0.39 is 15.8 Å². The van der Waals surface area contributed by atoms with Crippen LogP contribution in [0, 0.1) is 12.7 Å². The summed E-state index contributed by atoms with van der Waals surface area (Å²) in [6.45, 7) is 2.95. The van der Waals surface area contributed by atoms with Gasteiger partial charge in [-0.2, -0.15) is 4.31 Å². The third-order valence-corrected chi connectivity index (χ3v) is 5.31. The highest BCUT2D eigenvalue weighted by Crippen LogP contribution is 2.19. The first-order valence-electron chi connectivity index (χ1n) is 6.37. The fourth-order valence-corrected chi connectivity index (χ4v) is 3.46. The fraction of sp³-hybridized carbons (Fsp3) is 0.538. The Morgan fingerprint density at radius 2 is 2.21 bits per heavy atom. The molecule has 0 bridgehead atoms. The van der Waals surface area contributed by atoms with Crippen LogP contribution in [-0.4, -0.2) is 38.9 Å². The van der Waals surface area contributed by atoms with Crippen molar-refractivity contribution in [1.82, 2.24) is 9.62 Å². The second-order valence-electron chi connectivity index (χ2n) is 4.99. The summed E-state index contributed by atoms with van der Waals surface area (Å²) in [4.78, 5) is 0.0103. The molecular formula is C13H19FN2O2S. The second-order valence-corrected chi connectivity index (χ2v) is 7.03. The number of likely N-dealkylation sites (N-methyl/N-ethyl adjacent to an activating group) is 1. The van der Waals surface area contributed by atoms with Crippen molar-refractivity contribution in [2.24, 2.45) is 0 Å². The first-order valence-corrected chi connectivity index (χ1v) is 7.81. The Balaban J connectivity index is 2.18. The molecule has 4 nitrogen and oxygen atoms in total. The summed E-state index contributed by atoms with van der Waals surface area (Å²) in [5, 5.41) is 3.25. The molecule has 1 unspecified atom stereocenters. The quantitative estimate of drug-likeness (QED) is 0.912. The average molecular weight is 286 g/mol. The molecule has 1 fully saturated rings. The summed E-state index contributed by atoms with van der Waals surface area (Å²) in [6, 6.07) is 4.22. The van der Waals surface area contributed by atoms with Crippen molar-refractivity contribution < 1.29 is 12.8 Å². The monoisotopic (exact) mass is 286 g/mol. The van der Waals surface area contributed by atoms with Crippen molar-refractivity contribution in [1.29, 1.82) is 0 Å². The standard InChI is InChI=1S/C13H19FN2O2S/c1-10-5-6-12(8-13(10)14)19(17,18)16(2)9-11-4-3-7-15-11/h5-6,8,11,15H,3-4,7,9H2,1-2H3. The molecule has 0 saturated carbocycles. The van der Waals surface area contributed by atoms with Crippen molar-refractivity contribution in [2.45, 2.75) is 30.7 Å². The van der Waals surface area contributed by atoms with Gasteiger partial charge in [0.2, 0.25) is 10.0 Å². The number of nitrogens with zero attached hydrogens (tertiary/aromatic N) is 1. The molecule has 1 saturated heterocycles. The molecule has 0 aromatic heterocycles. The lowest BCUT2D eigenvalue weighted by molar-refractivity contribution is 0.417. The number of aryl methyl sites for hydroxylation is 1. The van der Waals surface area contributed by atoms with Gasteiger partial charge in [-0.15, -0.1) is 0 Å². The molecule has 2 rings (SSSR count). The van der Waals surface area contributed by atoms with Gasteiger partial charge < -0.3 is 5.32 Å². The molecule has 1 aromatic rings. The highest BCUT2D eigenvalue weighted by molar-refractivity contribution is 7.89.